The molecule has 0 spiro atoms. The van der Waals surface area contributed by atoms with Crippen molar-refractivity contribution in [3.05, 3.63) is 0 Å². The van der Waals surface area contributed by atoms with E-state index in [9.17, 15) is 4.79 Å². The molecule has 1 aliphatic rings. The van der Waals surface area contributed by atoms with Gasteiger partial charge in [-0.15, -0.1) is 5.06 Å². The zero-order valence-electron chi connectivity index (χ0n) is 8.25. The van der Waals surface area contributed by atoms with Crippen molar-refractivity contribution in [2.24, 2.45) is 0 Å². The van der Waals surface area contributed by atoms with Crippen LogP contribution < -0.4 is 5.32 Å². The second-order valence-electron chi connectivity index (χ2n) is 2.04. The summed E-state index contributed by atoms with van der Waals surface area (Å²) in [5.74, 6) is 0. The van der Waals surface area contributed by atoms with Crippen molar-refractivity contribution in [3.8, 4) is 0 Å². The molecule has 62 valence electrons. The van der Waals surface area contributed by atoms with Gasteiger partial charge in [-0.25, -0.2) is 4.79 Å². The van der Waals surface area contributed by atoms with Crippen LogP contribution in [0.2, 0.25) is 0 Å². The summed E-state index contributed by atoms with van der Waals surface area (Å²) in [6, 6.07) is 0. The molecule has 11 heavy (non-hydrogen) atoms. The fourth-order valence-electron chi connectivity index (χ4n) is 0.846. The van der Waals surface area contributed by atoms with Crippen molar-refractivity contribution in [1.29, 1.82) is 0 Å². The maximum absolute atomic E-state index is 9.98. The van der Waals surface area contributed by atoms with E-state index in [1.165, 1.54) is 5.06 Å². The minimum atomic E-state index is -1.23. The van der Waals surface area contributed by atoms with Gasteiger partial charge in [0, 0.05) is 26.2 Å². The van der Waals surface area contributed by atoms with Crippen LogP contribution in [0.5, 0.6) is 0 Å². The topological polar surface area (TPSA) is 61.8 Å². The van der Waals surface area contributed by atoms with Crippen LogP contribution in [0.25, 0.3) is 0 Å². The summed E-state index contributed by atoms with van der Waals surface area (Å²) in [5.41, 5.74) is 0. The van der Waals surface area contributed by atoms with Gasteiger partial charge in [0.1, 0.15) is 0 Å². The van der Waals surface area contributed by atoms with Crippen molar-refractivity contribution in [2.45, 2.75) is 0 Å². The molecule has 0 aromatic rings. The smallest absolute Gasteiger partial charge is 1.00 e. The predicted octanol–water partition coefficient (Wildman–Crippen LogP) is -0.655. The van der Waals surface area contributed by atoms with Crippen LogP contribution in [0.15, 0.2) is 0 Å². The van der Waals surface area contributed by atoms with Crippen LogP contribution >= 0.6 is 0 Å². The number of rotatable bonds is 1. The Morgan fingerprint density at radius 3 is 2.55 bits per heavy atom. The number of hydroxylamine groups is 2. The Labute approximate surface area is 97.6 Å². The molecule has 1 heterocycles. The number of piperazine rings is 1. The van der Waals surface area contributed by atoms with Crippen LogP contribution in [-0.2, 0) is 4.84 Å². The minimum absolute atomic E-state index is 0. The van der Waals surface area contributed by atoms with Gasteiger partial charge in [0.05, 0.1) is 0 Å². The van der Waals surface area contributed by atoms with Gasteiger partial charge in [-0.05, 0) is 0 Å². The van der Waals surface area contributed by atoms with E-state index in [1.54, 1.807) is 0 Å². The monoisotopic (exact) mass is 188 g/mol. The summed E-state index contributed by atoms with van der Waals surface area (Å²) >= 11 is 0. The SMILES string of the molecule is O=C(O)ON1CCNCC1.[Ca+2].[H-].[H-]. The maximum Gasteiger partial charge on any atom is 2.00 e. The van der Waals surface area contributed by atoms with Crippen LogP contribution in [-0.4, -0.2) is 80.2 Å². The van der Waals surface area contributed by atoms with E-state index in [0.717, 1.165) is 13.1 Å². The number of carbonyl (C=O) groups is 1. The standard InChI is InChI=1S/C5H10N2O3.Ca.2H/c8-5(9)10-7-3-1-6-2-4-7;;;/h6H,1-4H2,(H,8,9);;;/q;+2;2*-1. The molecule has 0 amide bonds. The van der Waals surface area contributed by atoms with Gasteiger partial charge in [-0.3, -0.25) is 0 Å². The maximum atomic E-state index is 9.98. The molecule has 0 aromatic heterocycles. The number of nitrogens with zero attached hydrogens (tertiary/aromatic N) is 1. The zero-order chi connectivity index (χ0) is 7.40. The summed E-state index contributed by atoms with van der Waals surface area (Å²) in [5, 5.41) is 12.7. The molecule has 0 radical (unpaired) electrons. The molecule has 0 aromatic carbocycles. The Balaban J connectivity index is -0.000000333. The first kappa shape index (κ1) is 11.4. The Morgan fingerprint density at radius 2 is 2.09 bits per heavy atom. The van der Waals surface area contributed by atoms with Gasteiger partial charge >= 0.3 is 43.9 Å². The van der Waals surface area contributed by atoms with E-state index in [-0.39, 0.29) is 40.6 Å². The Hall–Kier alpha value is 0.450. The molecule has 0 unspecified atom stereocenters. The van der Waals surface area contributed by atoms with Gasteiger partial charge in [0.2, 0.25) is 0 Å². The molecule has 1 aliphatic heterocycles. The fraction of sp³-hybridized carbons (Fsp3) is 0.800. The minimum Gasteiger partial charge on any atom is -1.00 e. The molecule has 2 N–H and O–H groups in total. The number of hydrogen-bond acceptors (Lipinski definition) is 4. The van der Waals surface area contributed by atoms with Crippen LogP contribution in [0.1, 0.15) is 2.85 Å². The summed E-state index contributed by atoms with van der Waals surface area (Å²) < 4.78 is 0. The van der Waals surface area contributed by atoms with Gasteiger partial charge in [-0.2, -0.15) is 0 Å². The predicted molar refractivity (Wildman–Crippen MR) is 41.5 cm³/mol. The molecule has 0 aliphatic carbocycles. The van der Waals surface area contributed by atoms with E-state index >= 15 is 0 Å². The number of hydrogen-bond donors (Lipinski definition) is 2. The van der Waals surface area contributed by atoms with Crippen molar-refractivity contribution in [1.82, 2.24) is 10.4 Å². The molecule has 6 heteroatoms. The quantitative estimate of drug-likeness (QED) is 0.535. The molecular formula is C5H12CaN2O3. The Bertz CT molecular complexity index is 135. The van der Waals surface area contributed by atoms with Crippen molar-refractivity contribution in [2.75, 3.05) is 26.2 Å². The van der Waals surface area contributed by atoms with Gasteiger partial charge in [-0.1, -0.05) is 0 Å². The summed E-state index contributed by atoms with van der Waals surface area (Å²) in [6.45, 7) is 2.83. The summed E-state index contributed by atoms with van der Waals surface area (Å²) in [7, 11) is 0. The third kappa shape index (κ3) is 4.81. The van der Waals surface area contributed by atoms with Gasteiger partial charge in [0.25, 0.3) is 0 Å². The van der Waals surface area contributed by atoms with E-state index in [2.05, 4.69) is 10.2 Å². The number of nitrogens with one attached hydrogen (secondary N) is 1. The molecular weight excluding hydrogens is 176 g/mol. The largest absolute Gasteiger partial charge is 2.00 e. The van der Waals surface area contributed by atoms with Gasteiger partial charge < -0.3 is 18.1 Å². The average Bonchev–Trinajstić information content (AvgIpc) is 1.88. The molecule has 0 atom stereocenters. The first-order valence-electron chi connectivity index (χ1n) is 3.15. The third-order valence-corrected chi connectivity index (χ3v) is 1.28. The second kappa shape index (κ2) is 6.02. The Kier molecular flexibility index (Phi) is 6.27. The van der Waals surface area contributed by atoms with Crippen molar-refractivity contribution < 1.29 is 17.6 Å². The molecule has 1 saturated heterocycles. The van der Waals surface area contributed by atoms with E-state index in [0.29, 0.717) is 13.1 Å². The molecule has 5 nitrogen and oxygen atoms in total. The third-order valence-electron chi connectivity index (χ3n) is 1.28. The summed E-state index contributed by atoms with van der Waals surface area (Å²) in [4.78, 5) is 14.4. The Morgan fingerprint density at radius 1 is 1.55 bits per heavy atom. The van der Waals surface area contributed by atoms with Crippen LogP contribution in [0.3, 0.4) is 0 Å². The zero-order valence-corrected chi connectivity index (χ0v) is 8.45. The van der Waals surface area contributed by atoms with Crippen LogP contribution in [0.4, 0.5) is 4.79 Å². The van der Waals surface area contributed by atoms with Crippen molar-refractivity contribution >= 4 is 43.9 Å². The average molecular weight is 188 g/mol. The normalized spacial score (nSPS) is 18.5. The van der Waals surface area contributed by atoms with E-state index in [1.807, 2.05) is 0 Å². The summed E-state index contributed by atoms with van der Waals surface area (Å²) in [6.07, 6.45) is -1.23. The second-order valence-corrected chi connectivity index (χ2v) is 2.04. The van der Waals surface area contributed by atoms with Gasteiger partial charge in [0.15, 0.2) is 0 Å². The molecule has 1 rings (SSSR count). The molecule has 0 saturated carbocycles. The van der Waals surface area contributed by atoms with E-state index < -0.39 is 6.16 Å². The van der Waals surface area contributed by atoms with Crippen molar-refractivity contribution in [3.63, 3.8) is 0 Å². The molecule has 1 fully saturated rings. The first-order valence-corrected chi connectivity index (χ1v) is 3.15. The number of carboxylic acid groups (broad SMARTS) is 1. The first-order chi connectivity index (χ1) is 4.79. The molecule has 0 bridgehead atoms. The van der Waals surface area contributed by atoms with E-state index in [4.69, 9.17) is 5.11 Å². The van der Waals surface area contributed by atoms with Crippen LogP contribution in [0, 0.1) is 0 Å². The fourth-order valence-corrected chi connectivity index (χ4v) is 0.846.